The highest BCUT2D eigenvalue weighted by molar-refractivity contribution is 5.82. The van der Waals surface area contributed by atoms with Gasteiger partial charge in [0.15, 0.2) is 0 Å². The number of nitrogens with one attached hydrogen (secondary N) is 2. The van der Waals surface area contributed by atoms with Gasteiger partial charge >= 0.3 is 0 Å². The summed E-state index contributed by atoms with van der Waals surface area (Å²) in [6.45, 7) is 2.42. The first-order valence-electron chi connectivity index (χ1n) is 8.58. The number of carbonyl (C=O) groups excluding carboxylic acids is 1. The Morgan fingerprint density at radius 1 is 1.15 bits per heavy atom. The van der Waals surface area contributed by atoms with Crippen molar-refractivity contribution in [2.45, 2.75) is 26.3 Å². The zero-order chi connectivity index (χ0) is 18.5. The summed E-state index contributed by atoms with van der Waals surface area (Å²) in [5, 5.41) is 3.86. The second kappa shape index (κ2) is 7.87. The average molecular weight is 350 g/mol. The highest BCUT2D eigenvalue weighted by atomic mass is 16.5. The van der Waals surface area contributed by atoms with E-state index >= 15 is 0 Å². The molecule has 1 aromatic heterocycles. The minimum Gasteiger partial charge on any atom is -0.497 e. The smallest absolute Gasteiger partial charge is 0.251 e. The molecule has 5 heteroatoms. The molecule has 5 nitrogen and oxygen atoms in total. The molecule has 2 N–H and O–H groups in total. The van der Waals surface area contributed by atoms with Crippen LogP contribution in [-0.2, 0) is 17.8 Å². The zero-order valence-corrected chi connectivity index (χ0v) is 15.0. The maximum atomic E-state index is 12.2. The quantitative estimate of drug-likeness (QED) is 0.718. The summed E-state index contributed by atoms with van der Waals surface area (Å²) in [5.74, 6) is 0.704. The Balaban J connectivity index is 1.59. The van der Waals surface area contributed by atoms with Gasteiger partial charge in [0.2, 0.25) is 5.91 Å². The summed E-state index contributed by atoms with van der Waals surface area (Å²) < 4.78 is 5.11. The largest absolute Gasteiger partial charge is 0.497 e. The van der Waals surface area contributed by atoms with E-state index in [0.717, 1.165) is 27.8 Å². The van der Waals surface area contributed by atoms with Gasteiger partial charge in [0.1, 0.15) is 5.75 Å². The number of para-hydroxylation sites is 1. The van der Waals surface area contributed by atoms with Gasteiger partial charge < -0.3 is 15.0 Å². The number of carbonyl (C=O) groups is 1. The van der Waals surface area contributed by atoms with Crippen molar-refractivity contribution in [3.63, 3.8) is 0 Å². The summed E-state index contributed by atoms with van der Waals surface area (Å²) in [6.07, 6.45) is 0.685. The summed E-state index contributed by atoms with van der Waals surface area (Å²) in [5.41, 5.74) is 3.38. The van der Waals surface area contributed by atoms with Crippen molar-refractivity contribution in [1.82, 2.24) is 10.3 Å². The lowest BCUT2D eigenvalue weighted by atomic mass is 10.1. The fourth-order valence-corrected chi connectivity index (χ4v) is 2.89. The van der Waals surface area contributed by atoms with Crippen molar-refractivity contribution in [2.24, 2.45) is 0 Å². The number of rotatable bonds is 6. The number of benzene rings is 2. The Hall–Kier alpha value is -3.08. The Morgan fingerprint density at radius 2 is 1.92 bits per heavy atom. The van der Waals surface area contributed by atoms with Crippen molar-refractivity contribution in [3.8, 4) is 5.75 Å². The number of amides is 1. The number of H-pyrrole nitrogens is 1. The molecule has 0 aliphatic heterocycles. The third kappa shape index (κ3) is 4.11. The monoisotopic (exact) mass is 350 g/mol. The SMILES string of the molecule is COc1ccc(CNC(=O)CCc2cc3cccc(C)c3[nH]c2=O)cc1. The summed E-state index contributed by atoms with van der Waals surface area (Å²) in [6, 6.07) is 15.3. The van der Waals surface area contributed by atoms with Crippen molar-refractivity contribution in [3.05, 3.63) is 75.6 Å². The van der Waals surface area contributed by atoms with E-state index in [-0.39, 0.29) is 17.9 Å². The topological polar surface area (TPSA) is 71.2 Å². The number of methoxy groups -OCH3 is 1. The van der Waals surface area contributed by atoms with Gasteiger partial charge in [-0.3, -0.25) is 9.59 Å². The number of aromatic amines is 1. The van der Waals surface area contributed by atoms with E-state index in [1.165, 1.54) is 0 Å². The molecule has 0 fully saturated rings. The predicted molar refractivity (Wildman–Crippen MR) is 102 cm³/mol. The van der Waals surface area contributed by atoms with Crippen LogP contribution in [-0.4, -0.2) is 18.0 Å². The number of aryl methyl sites for hydroxylation is 2. The molecule has 26 heavy (non-hydrogen) atoms. The predicted octanol–water partition coefficient (Wildman–Crippen LogP) is 3.09. The molecule has 2 aromatic carbocycles. The molecule has 0 spiro atoms. The average Bonchev–Trinajstić information content (AvgIpc) is 2.66. The lowest BCUT2D eigenvalue weighted by Gasteiger charge is -2.07. The summed E-state index contributed by atoms with van der Waals surface area (Å²) >= 11 is 0. The lowest BCUT2D eigenvalue weighted by molar-refractivity contribution is -0.121. The molecule has 0 bridgehead atoms. The van der Waals surface area contributed by atoms with Crippen LogP contribution in [0.1, 0.15) is 23.1 Å². The van der Waals surface area contributed by atoms with Crippen LogP contribution in [0.4, 0.5) is 0 Å². The fraction of sp³-hybridized carbons (Fsp3) is 0.238. The molecule has 0 radical (unpaired) electrons. The molecule has 1 heterocycles. The lowest BCUT2D eigenvalue weighted by Crippen LogP contribution is -2.24. The van der Waals surface area contributed by atoms with E-state index in [1.54, 1.807) is 7.11 Å². The minimum absolute atomic E-state index is 0.0791. The summed E-state index contributed by atoms with van der Waals surface area (Å²) in [7, 11) is 1.62. The third-order valence-corrected chi connectivity index (χ3v) is 4.44. The second-order valence-electron chi connectivity index (χ2n) is 6.29. The van der Waals surface area contributed by atoms with Crippen LogP contribution in [0.3, 0.4) is 0 Å². The number of hydrogen-bond acceptors (Lipinski definition) is 3. The molecule has 3 rings (SSSR count). The first-order chi connectivity index (χ1) is 12.6. The molecule has 1 amide bonds. The van der Waals surface area contributed by atoms with Gasteiger partial charge in [-0.05, 0) is 48.1 Å². The molecule has 0 saturated heterocycles. The molecule has 0 unspecified atom stereocenters. The van der Waals surface area contributed by atoms with E-state index in [9.17, 15) is 9.59 Å². The van der Waals surface area contributed by atoms with Gasteiger partial charge in [-0.1, -0.05) is 30.3 Å². The fourth-order valence-electron chi connectivity index (χ4n) is 2.89. The standard InChI is InChI=1S/C21H22N2O3/c1-14-4-3-5-16-12-17(21(25)23-20(14)16)8-11-19(24)22-13-15-6-9-18(26-2)10-7-15/h3-7,9-10,12H,8,11,13H2,1-2H3,(H,22,24)(H,23,25). The number of aromatic nitrogens is 1. The first kappa shape index (κ1) is 17.7. The van der Waals surface area contributed by atoms with Crippen LogP contribution in [0.2, 0.25) is 0 Å². The number of hydrogen-bond donors (Lipinski definition) is 2. The highest BCUT2D eigenvalue weighted by Crippen LogP contribution is 2.15. The van der Waals surface area contributed by atoms with Crippen LogP contribution < -0.4 is 15.6 Å². The number of ether oxygens (including phenoxy) is 1. The Labute approximate surface area is 152 Å². The van der Waals surface area contributed by atoms with Gasteiger partial charge in [0, 0.05) is 18.5 Å². The highest BCUT2D eigenvalue weighted by Gasteiger charge is 2.08. The van der Waals surface area contributed by atoms with E-state index in [2.05, 4.69) is 10.3 Å². The summed E-state index contributed by atoms with van der Waals surface area (Å²) in [4.78, 5) is 27.3. The van der Waals surface area contributed by atoms with Gasteiger partial charge in [-0.25, -0.2) is 0 Å². The van der Waals surface area contributed by atoms with Crippen LogP contribution >= 0.6 is 0 Å². The maximum Gasteiger partial charge on any atom is 0.251 e. The van der Waals surface area contributed by atoms with Gasteiger partial charge in [-0.2, -0.15) is 0 Å². The van der Waals surface area contributed by atoms with E-state index < -0.39 is 0 Å². The van der Waals surface area contributed by atoms with Crippen molar-refractivity contribution in [2.75, 3.05) is 7.11 Å². The molecule has 0 atom stereocenters. The molecular weight excluding hydrogens is 328 g/mol. The van der Waals surface area contributed by atoms with Crippen LogP contribution in [0, 0.1) is 6.92 Å². The molecular formula is C21H22N2O3. The zero-order valence-electron chi connectivity index (χ0n) is 15.0. The van der Waals surface area contributed by atoms with Gasteiger partial charge in [0.25, 0.3) is 5.56 Å². The van der Waals surface area contributed by atoms with Crippen LogP contribution in [0.15, 0.2) is 53.3 Å². The second-order valence-corrected chi connectivity index (χ2v) is 6.29. The van der Waals surface area contributed by atoms with E-state index in [0.29, 0.717) is 18.5 Å². The van der Waals surface area contributed by atoms with Crippen molar-refractivity contribution < 1.29 is 9.53 Å². The molecule has 0 aliphatic carbocycles. The van der Waals surface area contributed by atoms with Crippen molar-refractivity contribution >= 4 is 16.8 Å². The number of fused-ring (bicyclic) bond motifs is 1. The molecule has 134 valence electrons. The van der Waals surface area contributed by atoms with E-state index in [1.807, 2.05) is 55.5 Å². The van der Waals surface area contributed by atoms with E-state index in [4.69, 9.17) is 4.74 Å². The minimum atomic E-state index is -0.130. The molecule has 3 aromatic rings. The Kier molecular flexibility index (Phi) is 5.37. The molecule has 0 aliphatic rings. The van der Waals surface area contributed by atoms with Gasteiger partial charge in [0.05, 0.1) is 12.6 Å². The maximum absolute atomic E-state index is 12.2. The van der Waals surface area contributed by atoms with Crippen molar-refractivity contribution in [1.29, 1.82) is 0 Å². The van der Waals surface area contributed by atoms with Crippen LogP contribution in [0.25, 0.3) is 10.9 Å². The Morgan fingerprint density at radius 3 is 2.65 bits per heavy atom. The number of pyridine rings is 1. The third-order valence-electron chi connectivity index (χ3n) is 4.44. The van der Waals surface area contributed by atoms with Gasteiger partial charge in [-0.15, -0.1) is 0 Å². The van der Waals surface area contributed by atoms with Crippen LogP contribution in [0.5, 0.6) is 5.75 Å². The Bertz CT molecular complexity index is 975. The first-order valence-corrected chi connectivity index (χ1v) is 8.58. The molecule has 0 saturated carbocycles. The normalized spacial score (nSPS) is 10.7.